The smallest absolute Gasteiger partial charge is 0.407 e. The molecule has 5 rings (SSSR count). The van der Waals surface area contributed by atoms with E-state index in [1.165, 1.54) is 41.5 Å². The van der Waals surface area contributed by atoms with Crippen LogP contribution in [0.2, 0.25) is 0 Å². The molecule has 2 aromatic rings. The van der Waals surface area contributed by atoms with E-state index in [4.69, 9.17) is 61.6 Å². The van der Waals surface area contributed by atoms with Gasteiger partial charge in [0, 0.05) is 124 Å². The molecule has 2 aliphatic heterocycles. The summed E-state index contributed by atoms with van der Waals surface area (Å²) in [5, 5.41) is 14.0. The molecular weight excluding hydrogens is 1270 g/mol. The first-order valence-corrected chi connectivity index (χ1v) is 32.8. The maximum Gasteiger partial charge on any atom is 0.407 e. The topological polar surface area (TPSA) is 385 Å². The number of rotatable bonds is 44. The van der Waals surface area contributed by atoms with Crippen molar-refractivity contribution in [2.24, 2.45) is 0 Å². The minimum Gasteiger partial charge on any atom is -0.463 e. The maximum atomic E-state index is 13.9. The van der Waals surface area contributed by atoms with Crippen LogP contribution in [0, 0.1) is 0 Å². The van der Waals surface area contributed by atoms with E-state index in [0.717, 1.165) is 22.3 Å². The molecule has 2 fully saturated rings. The number of fused-ring (bicyclic) bond motifs is 3. The second-order valence-corrected chi connectivity index (χ2v) is 23.5. The van der Waals surface area contributed by atoms with Crippen molar-refractivity contribution in [2.75, 3.05) is 85.6 Å². The summed E-state index contributed by atoms with van der Waals surface area (Å²) in [6, 6.07) is 15.7. The molecule has 0 saturated carbocycles. The Morgan fingerprint density at radius 2 is 0.897 bits per heavy atom. The quantitative estimate of drug-likeness (QED) is 0.0273. The molecule has 30 nitrogen and oxygen atoms in total. The highest BCUT2D eigenvalue weighted by atomic mass is 16.7. The predicted octanol–water partition coefficient (Wildman–Crippen LogP) is 3.76. The predicted molar refractivity (Wildman–Crippen MR) is 340 cm³/mol. The van der Waals surface area contributed by atoms with Crippen molar-refractivity contribution in [1.82, 2.24) is 26.6 Å². The van der Waals surface area contributed by atoms with Gasteiger partial charge < -0.3 is 93.0 Å². The molecule has 5 amide bonds. The molecule has 0 spiro atoms. The lowest BCUT2D eigenvalue weighted by Gasteiger charge is -2.39. The summed E-state index contributed by atoms with van der Waals surface area (Å²) in [4.78, 5) is 148. The number of benzene rings is 2. The molecule has 8 atom stereocenters. The van der Waals surface area contributed by atoms with Crippen LogP contribution in [-0.4, -0.2) is 212 Å². The zero-order valence-corrected chi connectivity index (χ0v) is 56.2. The third kappa shape index (κ3) is 30.0. The number of ether oxygens (including phenoxy) is 13. The number of nitrogens with one attached hydrogen (secondary N) is 5. The van der Waals surface area contributed by atoms with Crippen LogP contribution < -0.4 is 26.6 Å². The highest BCUT2D eigenvalue weighted by Gasteiger charge is 2.46. The van der Waals surface area contributed by atoms with Crippen molar-refractivity contribution in [1.29, 1.82) is 0 Å². The van der Waals surface area contributed by atoms with Crippen LogP contribution in [0.25, 0.3) is 11.1 Å². The van der Waals surface area contributed by atoms with Gasteiger partial charge in [0.15, 0.2) is 24.8 Å². The fraction of sp³-hybridized carbons (Fsp3) is 0.642. The van der Waals surface area contributed by atoms with E-state index in [9.17, 15) is 57.5 Å². The van der Waals surface area contributed by atoms with E-state index in [1.807, 2.05) is 48.5 Å². The van der Waals surface area contributed by atoms with Gasteiger partial charge in [0.1, 0.15) is 63.7 Å². The number of hydrogen-bond acceptors (Lipinski definition) is 25. The largest absolute Gasteiger partial charge is 0.463 e. The van der Waals surface area contributed by atoms with Gasteiger partial charge in [-0.3, -0.25) is 47.9 Å². The summed E-state index contributed by atoms with van der Waals surface area (Å²) >= 11 is 0. The fourth-order valence-corrected chi connectivity index (χ4v) is 11.3. The molecule has 1 aliphatic carbocycles. The normalized spacial score (nSPS) is 19.5. The van der Waals surface area contributed by atoms with Crippen LogP contribution in [0.3, 0.4) is 0 Å². The zero-order chi connectivity index (χ0) is 70.5. The molecule has 538 valence electrons. The monoisotopic (exact) mass is 1370 g/mol. The van der Waals surface area contributed by atoms with Crippen molar-refractivity contribution in [3.63, 3.8) is 0 Å². The number of amides is 5. The minimum atomic E-state index is -1.26. The Balaban J connectivity index is 1.01. The van der Waals surface area contributed by atoms with Crippen LogP contribution in [-0.2, 0) is 114 Å². The Hall–Kier alpha value is -8.16. The molecule has 2 heterocycles. The Morgan fingerprint density at radius 1 is 0.474 bits per heavy atom. The summed E-state index contributed by atoms with van der Waals surface area (Å²) in [7, 11) is 0. The molecule has 0 unspecified atom stereocenters. The molecule has 0 bridgehead atoms. The minimum absolute atomic E-state index is 0.00290. The first-order valence-electron chi connectivity index (χ1n) is 32.8. The van der Waals surface area contributed by atoms with Crippen LogP contribution in [0.1, 0.15) is 148 Å². The average Bonchev–Trinajstić information content (AvgIpc) is 1.63. The number of aldehydes is 1. The van der Waals surface area contributed by atoms with E-state index in [1.54, 1.807) is 0 Å². The number of unbranched alkanes of at least 4 members (excludes halogenated alkanes) is 4. The average molecular weight is 1370 g/mol. The van der Waals surface area contributed by atoms with Crippen LogP contribution >= 0.6 is 0 Å². The van der Waals surface area contributed by atoms with Crippen molar-refractivity contribution >= 4 is 71.8 Å². The second-order valence-electron chi connectivity index (χ2n) is 23.5. The van der Waals surface area contributed by atoms with E-state index >= 15 is 0 Å². The summed E-state index contributed by atoms with van der Waals surface area (Å²) in [6.07, 6.45) is -3.87. The Labute approximate surface area is 564 Å². The van der Waals surface area contributed by atoms with Crippen molar-refractivity contribution in [2.45, 2.75) is 192 Å². The Bertz CT molecular complexity index is 2740. The third-order valence-electron chi connectivity index (χ3n) is 15.7. The van der Waals surface area contributed by atoms with E-state index in [2.05, 4.69) is 26.6 Å². The SMILES string of the molecule is CC(=O)OC[C@H]1O[C@@H](OCCCCCNC(=O)COCCNC(=O)CCC(CCC=O)(CCC(=O)NCCOCC(=O)NCCCCCO[C@H]2C[C@@H](OC(C)=O)[C@@H](OC(C)=O)[C@@H](COC(C)=O)O2)NC(=O)OCC2c3ccccc3-c3ccccc32)C[C@@H](OC(C)=O)[C@H]1OC(C)=O. The highest BCUT2D eigenvalue weighted by molar-refractivity contribution is 5.80. The third-order valence-corrected chi connectivity index (χ3v) is 15.7. The number of carbonyl (C=O) groups is 12. The van der Waals surface area contributed by atoms with Gasteiger partial charge in [-0.25, -0.2) is 4.79 Å². The van der Waals surface area contributed by atoms with Gasteiger partial charge in [-0.05, 0) is 80.0 Å². The molecule has 2 saturated heterocycles. The first-order chi connectivity index (χ1) is 46.5. The molecule has 0 aromatic heterocycles. The Kier molecular flexibility index (Phi) is 35.4. The van der Waals surface area contributed by atoms with Crippen LogP contribution in [0.15, 0.2) is 48.5 Å². The fourth-order valence-electron chi connectivity index (χ4n) is 11.3. The second kappa shape index (κ2) is 43.2. The number of carbonyl (C=O) groups excluding carboxylic acids is 12. The maximum absolute atomic E-state index is 13.9. The number of esters is 6. The highest BCUT2D eigenvalue weighted by Crippen LogP contribution is 2.44. The summed E-state index contributed by atoms with van der Waals surface area (Å²) in [6.45, 7) is 7.47. The van der Waals surface area contributed by atoms with Crippen molar-refractivity contribution in [3.8, 4) is 11.1 Å². The summed E-state index contributed by atoms with van der Waals surface area (Å²) in [5.74, 6) is -5.46. The molecule has 97 heavy (non-hydrogen) atoms. The van der Waals surface area contributed by atoms with Crippen LogP contribution in [0.4, 0.5) is 4.79 Å². The van der Waals surface area contributed by atoms with E-state index in [-0.39, 0.29) is 142 Å². The lowest BCUT2D eigenvalue weighted by atomic mass is 9.83. The standard InChI is InChI=1S/C67H95N5O25/c1-43(74)89-39-56-64(94-47(5)78)54(92-45(3)76)36-62(96-56)87-32-15-7-13-27-68-60(82)41-85-34-29-70-58(80)22-25-67(24-17-31-73,72-66(84)91-38-53-51-20-11-9-18-49(51)50-19-10-12-21-52(50)53)26-23-59(81)71-30-35-86-42-61(83)69-28-14-8-16-33-88-63-37-55(93-46(4)77)65(95-48(6)79)57(97-63)40-90-44(2)75/h9-12,18-21,31,53-57,62-65H,7-8,13-17,22-30,32-42H2,1-6H3,(H,68,82)(H,69,83)(H,70,80)(H,71,81)(H,72,84)/t54-,55-,56-,57-,62-,63-,64-,65-/m1/s1. The lowest BCUT2D eigenvalue weighted by Crippen LogP contribution is -2.54. The van der Waals surface area contributed by atoms with Gasteiger partial charge in [0.2, 0.25) is 23.6 Å². The van der Waals surface area contributed by atoms with Gasteiger partial charge in [-0.1, -0.05) is 48.5 Å². The molecular formula is C67H95N5O25. The number of hydrogen-bond donors (Lipinski definition) is 5. The summed E-state index contributed by atoms with van der Waals surface area (Å²) < 4.78 is 72.2. The van der Waals surface area contributed by atoms with E-state index < -0.39 is 108 Å². The van der Waals surface area contributed by atoms with Gasteiger partial charge in [0.25, 0.3) is 0 Å². The van der Waals surface area contributed by atoms with Crippen molar-refractivity contribution in [3.05, 3.63) is 59.7 Å². The lowest BCUT2D eigenvalue weighted by molar-refractivity contribution is -0.266. The molecule has 3 aliphatic rings. The van der Waals surface area contributed by atoms with E-state index in [0.29, 0.717) is 57.9 Å². The van der Waals surface area contributed by atoms with Crippen LogP contribution in [0.5, 0.6) is 0 Å². The molecule has 30 heteroatoms. The van der Waals surface area contributed by atoms with Crippen molar-refractivity contribution < 1.29 is 119 Å². The Morgan fingerprint density at radius 3 is 1.31 bits per heavy atom. The van der Waals surface area contributed by atoms with Gasteiger partial charge in [0.05, 0.1) is 13.2 Å². The molecule has 2 aromatic carbocycles. The van der Waals surface area contributed by atoms with Gasteiger partial charge in [-0.2, -0.15) is 0 Å². The first kappa shape index (κ1) is 79.5. The number of alkyl carbamates (subject to hydrolysis) is 1. The molecule has 5 N–H and O–H groups in total. The van der Waals surface area contributed by atoms with Gasteiger partial charge in [-0.15, -0.1) is 0 Å². The zero-order valence-electron chi connectivity index (χ0n) is 56.2. The van der Waals surface area contributed by atoms with Gasteiger partial charge >= 0.3 is 41.9 Å². The molecule has 0 radical (unpaired) electrons. The summed E-state index contributed by atoms with van der Waals surface area (Å²) in [5.41, 5.74) is 2.80.